The van der Waals surface area contributed by atoms with Crippen molar-refractivity contribution < 1.29 is 31.7 Å². The Labute approximate surface area is 158 Å². The highest BCUT2D eigenvalue weighted by Crippen LogP contribution is 2.61. The molecule has 3 fully saturated rings. The van der Waals surface area contributed by atoms with Crippen LogP contribution in [-0.4, -0.2) is 50.6 Å². The van der Waals surface area contributed by atoms with Crippen LogP contribution in [0, 0.1) is 28.6 Å². The number of fused-ring (bicyclic) bond motifs is 1. The lowest BCUT2D eigenvalue weighted by Crippen LogP contribution is -2.45. The largest absolute Gasteiger partial charge is 0.463 e. The summed E-state index contributed by atoms with van der Waals surface area (Å²) in [5.41, 5.74) is -0.581. The molecule has 1 amide bonds. The molecule has 1 heterocycles. The summed E-state index contributed by atoms with van der Waals surface area (Å²) in [6, 6.07) is 1.92. The number of carbonyl (C=O) groups is 2. The van der Waals surface area contributed by atoms with Crippen molar-refractivity contribution in [2.75, 3.05) is 13.2 Å². The molecule has 0 aromatic carbocycles. The van der Waals surface area contributed by atoms with Gasteiger partial charge in [-0.2, -0.15) is 13.7 Å². The Morgan fingerprint density at radius 3 is 2.74 bits per heavy atom. The van der Waals surface area contributed by atoms with Gasteiger partial charge in [-0.3, -0.25) is 8.98 Å². The van der Waals surface area contributed by atoms with E-state index in [9.17, 15) is 23.3 Å². The number of rotatable bonds is 6. The number of hydrogen-bond acceptors (Lipinski definition) is 8. The number of esters is 1. The summed E-state index contributed by atoms with van der Waals surface area (Å²) in [6.07, 6.45) is -0.986. The summed E-state index contributed by atoms with van der Waals surface area (Å²) in [5, 5.41) is 11.8. The molecule has 5 unspecified atom stereocenters. The van der Waals surface area contributed by atoms with Gasteiger partial charge in [-0.25, -0.2) is 4.79 Å². The molecule has 0 aromatic rings. The minimum Gasteiger partial charge on any atom is -0.463 e. The van der Waals surface area contributed by atoms with Gasteiger partial charge in [0.05, 0.1) is 18.0 Å². The topological polar surface area (TPSA) is 132 Å². The average Bonchev–Trinajstić information content (AvgIpc) is 3.19. The van der Waals surface area contributed by atoms with E-state index in [4.69, 9.17) is 13.7 Å². The molecule has 1 saturated heterocycles. The zero-order valence-electron chi connectivity index (χ0n) is 15.6. The van der Waals surface area contributed by atoms with Gasteiger partial charge in [0.25, 0.3) is 10.1 Å². The molecule has 10 heteroatoms. The van der Waals surface area contributed by atoms with Crippen LogP contribution in [0.3, 0.4) is 0 Å². The van der Waals surface area contributed by atoms with E-state index < -0.39 is 44.5 Å². The standard InChI is InChI=1S/C17H24N2O7S/c1-4-16(2,3)14(20)24-6-5-19-15(21)25-12-10-7-11-13(12)26-27(22,23)17(11,8-10)9-18/h10-13H,4-8H2,1-3H3,(H,19,21). The van der Waals surface area contributed by atoms with Crippen molar-refractivity contribution in [3.05, 3.63) is 0 Å². The predicted octanol–water partition coefficient (Wildman–Crippen LogP) is 1.09. The number of nitrogens with zero attached hydrogens (tertiary/aromatic N) is 1. The molecule has 3 rings (SSSR count). The fraction of sp³-hybridized carbons (Fsp3) is 0.824. The Hall–Kier alpha value is -1.86. The van der Waals surface area contributed by atoms with E-state index in [0.717, 1.165) is 0 Å². The lowest BCUT2D eigenvalue weighted by Gasteiger charge is -2.27. The van der Waals surface area contributed by atoms with E-state index in [-0.39, 0.29) is 31.5 Å². The molecule has 0 radical (unpaired) electrons. The molecule has 9 nitrogen and oxygen atoms in total. The van der Waals surface area contributed by atoms with Crippen LogP contribution in [0.15, 0.2) is 0 Å². The first-order chi connectivity index (χ1) is 12.6. The van der Waals surface area contributed by atoms with E-state index in [1.165, 1.54) is 0 Å². The summed E-state index contributed by atoms with van der Waals surface area (Å²) in [4.78, 5) is 23.9. The molecule has 3 aliphatic rings. The second-order valence-corrected chi connectivity index (χ2v) is 9.82. The first-order valence-corrected chi connectivity index (χ1v) is 10.4. The Morgan fingerprint density at radius 1 is 1.41 bits per heavy atom. The Morgan fingerprint density at radius 2 is 2.11 bits per heavy atom. The van der Waals surface area contributed by atoms with Gasteiger partial charge in [0.15, 0.2) is 4.75 Å². The zero-order chi connectivity index (χ0) is 20.0. The Balaban J connectivity index is 1.49. The van der Waals surface area contributed by atoms with Gasteiger partial charge in [0.1, 0.15) is 18.8 Å². The van der Waals surface area contributed by atoms with Gasteiger partial charge in [-0.15, -0.1) is 0 Å². The van der Waals surface area contributed by atoms with Gasteiger partial charge >= 0.3 is 12.1 Å². The monoisotopic (exact) mass is 400 g/mol. The fourth-order valence-electron chi connectivity index (χ4n) is 4.08. The maximum atomic E-state index is 12.2. The predicted molar refractivity (Wildman–Crippen MR) is 91.7 cm³/mol. The highest BCUT2D eigenvalue weighted by atomic mass is 32.2. The van der Waals surface area contributed by atoms with Crippen LogP contribution in [0.5, 0.6) is 0 Å². The number of hydrogen-bond donors (Lipinski definition) is 1. The minimum atomic E-state index is -3.99. The van der Waals surface area contributed by atoms with Gasteiger partial charge in [-0.05, 0) is 33.1 Å². The van der Waals surface area contributed by atoms with E-state index in [0.29, 0.717) is 12.8 Å². The third-order valence-corrected chi connectivity index (χ3v) is 7.99. The molecule has 0 spiro atoms. The van der Waals surface area contributed by atoms with E-state index in [1.54, 1.807) is 13.8 Å². The molecule has 2 saturated carbocycles. The van der Waals surface area contributed by atoms with Crippen LogP contribution < -0.4 is 5.32 Å². The molecule has 2 bridgehead atoms. The molecule has 5 atom stereocenters. The van der Waals surface area contributed by atoms with Crippen molar-refractivity contribution in [3.63, 3.8) is 0 Å². The van der Waals surface area contributed by atoms with Gasteiger partial charge in [0.2, 0.25) is 0 Å². The fourth-order valence-corrected chi connectivity index (χ4v) is 5.92. The van der Waals surface area contributed by atoms with Gasteiger partial charge in [-0.1, -0.05) is 6.92 Å². The number of nitrogens with one attached hydrogen (secondary N) is 1. The van der Waals surface area contributed by atoms with Crippen LogP contribution in [0.1, 0.15) is 40.0 Å². The first-order valence-electron chi connectivity index (χ1n) is 9.04. The molecular formula is C17H24N2O7S. The molecular weight excluding hydrogens is 376 g/mol. The lowest BCUT2D eigenvalue weighted by atomic mass is 9.85. The summed E-state index contributed by atoms with van der Waals surface area (Å²) in [7, 11) is -3.99. The van der Waals surface area contributed by atoms with Gasteiger partial charge < -0.3 is 14.8 Å². The maximum Gasteiger partial charge on any atom is 0.407 e. The van der Waals surface area contributed by atoms with Crippen LogP contribution in [0.25, 0.3) is 0 Å². The van der Waals surface area contributed by atoms with Crippen LogP contribution in [0.2, 0.25) is 0 Å². The molecule has 0 aromatic heterocycles. The van der Waals surface area contributed by atoms with E-state index in [2.05, 4.69) is 5.32 Å². The van der Waals surface area contributed by atoms with Gasteiger partial charge in [0, 0.05) is 11.8 Å². The number of carbonyl (C=O) groups excluding carboxylic acids is 2. The van der Waals surface area contributed by atoms with Crippen molar-refractivity contribution in [2.24, 2.45) is 17.3 Å². The van der Waals surface area contributed by atoms with Crippen molar-refractivity contribution in [1.82, 2.24) is 5.32 Å². The average molecular weight is 400 g/mol. The second kappa shape index (κ2) is 6.63. The van der Waals surface area contributed by atoms with Crippen molar-refractivity contribution >= 4 is 22.2 Å². The normalized spacial score (nSPS) is 35.5. The molecule has 1 N–H and O–H groups in total. The SMILES string of the molecule is CCC(C)(C)C(=O)OCCNC(=O)OC1C2CC3C1OS(=O)(=O)C3(C#N)C2. The summed E-state index contributed by atoms with van der Waals surface area (Å²) >= 11 is 0. The lowest BCUT2D eigenvalue weighted by molar-refractivity contribution is -0.153. The van der Waals surface area contributed by atoms with Crippen molar-refractivity contribution in [3.8, 4) is 6.07 Å². The third-order valence-electron chi connectivity index (χ3n) is 6.06. The Kier molecular flexibility index (Phi) is 4.89. The Bertz CT molecular complexity index is 788. The molecule has 150 valence electrons. The van der Waals surface area contributed by atoms with Crippen molar-refractivity contribution in [1.29, 1.82) is 5.26 Å². The van der Waals surface area contributed by atoms with E-state index in [1.807, 2.05) is 13.0 Å². The molecule has 27 heavy (non-hydrogen) atoms. The van der Waals surface area contributed by atoms with Crippen LogP contribution >= 0.6 is 0 Å². The van der Waals surface area contributed by atoms with Crippen LogP contribution in [-0.2, 0) is 28.6 Å². The highest BCUT2D eigenvalue weighted by Gasteiger charge is 2.74. The summed E-state index contributed by atoms with van der Waals surface area (Å²) in [5.74, 6) is -1.02. The number of ether oxygens (including phenoxy) is 2. The number of alkyl carbamates (subject to hydrolysis) is 1. The highest BCUT2D eigenvalue weighted by molar-refractivity contribution is 7.88. The van der Waals surface area contributed by atoms with Crippen molar-refractivity contribution in [2.45, 2.75) is 57.0 Å². The minimum absolute atomic E-state index is 0.0138. The quantitative estimate of drug-likeness (QED) is 0.398. The third kappa shape index (κ3) is 3.06. The summed E-state index contributed by atoms with van der Waals surface area (Å²) < 4.78 is 38.5. The first kappa shape index (κ1) is 19.9. The zero-order valence-corrected chi connectivity index (χ0v) is 16.4. The maximum absolute atomic E-state index is 12.2. The number of amides is 1. The molecule has 1 aliphatic heterocycles. The second-order valence-electron chi connectivity index (χ2n) is 7.99. The summed E-state index contributed by atoms with van der Waals surface area (Å²) in [6.45, 7) is 5.54. The smallest absolute Gasteiger partial charge is 0.407 e. The van der Waals surface area contributed by atoms with E-state index >= 15 is 0 Å². The van der Waals surface area contributed by atoms with Crippen LogP contribution in [0.4, 0.5) is 4.79 Å². The molecule has 2 aliphatic carbocycles. The number of nitriles is 1.